The summed E-state index contributed by atoms with van der Waals surface area (Å²) < 4.78 is 0. The molecule has 0 aliphatic heterocycles. The van der Waals surface area contributed by atoms with Gasteiger partial charge in [0.25, 0.3) is 0 Å². The summed E-state index contributed by atoms with van der Waals surface area (Å²) in [6, 6.07) is 9.80. The number of hydrogen-bond acceptors (Lipinski definition) is 1. The third kappa shape index (κ3) is 4.99. The van der Waals surface area contributed by atoms with Crippen molar-refractivity contribution >= 4 is 0 Å². The molecule has 1 aromatic rings. The van der Waals surface area contributed by atoms with E-state index >= 15 is 0 Å². The van der Waals surface area contributed by atoms with Crippen LogP contribution < -0.4 is 5.32 Å². The summed E-state index contributed by atoms with van der Waals surface area (Å²) in [5.41, 5.74) is 2.92. The first-order valence-corrected chi connectivity index (χ1v) is 7.92. The predicted molar refractivity (Wildman–Crippen MR) is 85.8 cm³/mol. The van der Waals surface area contributed by atoms with Crippen LogP contribution >= 0.6 is 0 Å². The lowest BCUT2D eigenvalue weighted by Gasteiger charge is -2.29. The molecule has 0 saturated heterocycles. The molecule has 0 saturated carbocycles. The van der Waals surface area contributed by atoms with Gasteiger partial charge in [-0.1, -0.05) is 65.3 Å². The van der Waals surface area contributed by atoms with Crippen molar-refractivity contribution in [2.75, 3.05) is 6.54 Å². The van der Waals surface area contributed by atoms with E-state index in [4.69, 9.17) is 0 Å². The molecule has 1 heteroatoms. The lowest BCUT2D eigenvalue weighted by atomic mass is 9.86. The number of benzene rings is 1. The van der Waals surface area contributed by atoms with Crippen LogP contribution in [0, 0.1) is 5.92 Å². The fraction of sp³-hybridized carbons (Fsp3) is 0.667. The second-order valence-electron chi connectivity index (χ2n) is 6.00. The van der Waals surface area contributed by atoms with Crippen molar-refractivity contribution in [3.63, 3.8) is 0 Å². The smallest absolute Gasteiger partial charge is 0.0156 e. The van der Waals surface area contributed by atoms with E-state index in [0.717, 1.165) is 6.54 Å². The molecule has 0 aliphatic carbocycles. The summed E-state index contributed by atoms with van der Waals surface area (Å²) in [5.74, 6) is 1.24. The first-order valence-electron chi connectivity index (χ1n) is 7.92. The summed E-state index contributed by atoms with van der Waals surface area (Å²) >= 11 is 0. The summed E-state index contributed by atoms with van der Waals surface area (Å²) in [4.78, 5) is 0. The van der Waals surface area contributed by atoms with Crippen molar-refractivity contribution in [1.82, 2.24) is 5.32 Å². The van der Waals surface area contributed by atoms with Gasteiger partial charge < -0.3 is 5.32 Å². The molecule has 0 aliphatic rings. The highest BCUT2D eigenvalue weighted by Gasteiger charge is 2.21. The monoisotopic (exact) mass is 261 g/mol. The van der Waals surface area contributed by atoms with Gasteiger partial charge in [-0.25, -0.2) is 0 Å². The van der Waals surface area contributed by atoms with Crippen LogP contribution in [0.25, 0.3) is 0 Å². The van der Waals surface area contributed by atoms with Crippen LogP contribution in [0.15, 0.2) is 24.3 Å². The van der Waals surface area contributed by atoms with E-state index in [1.807, 2.05) is 0 Å². The second-order valence-corrected chi connectivity index (χ2v) is 6.00. The van der Waals surface area contributed by atoms with Gasteiger partial charge in [0.15, 0.2) is 0 Å². The lowest BCUT2D eigenvalue weighted by molar-refractivity contribution is 0.354. The summed E-state index contributed by atoms with van der Waals surface area (Å²) in [5, 5.41) is 3.71. The maximum Gasteiger partial charge on any atom is 0.0156 e. The highest BCUT2D eigenvalue weighted by Crippen LogP contribution is 2.24. The van der Waals surface area contributed by atoms with Crippen LogP contribution in [-0.2, 0) is 6.42 Å². The zero-order valence-corrected chi connectivity index (χ0v) is 13.4. The Bertz CT molecular complexity index is 339. The molecule has 2 atom stereocenters. The highest BCUT2D eigenvalue weighted by molar-refractivity contribution is 5.26. The molecule has 19 heavy (non-hydrogen) atoms. The third-order valence-corrected chi connectivity index (χ3v) is 3.93. The summed E-state index contributed by atoms with van der Waals surface area (Å²) in [6.45, 7) is 12.6. The van der Waals surface area contributed by atoms with Gasteiger partial charge in [-0.3, -0.25) is 0 Å². The van der Waals surface area contributed by atoms with Crippen molar-refractivity contribution in [3.8, 4) is 0 Å². The minimum absolute atomic E-state index is 0.567. The average Bonchev–Trinajstić information content (AvgIpc) is 2.40. The Balaban J connectivity index is 2.74. The van der Waals surface area contributed by atoms with E-state index in [0.29, 0.717) is 17.9 Å². The van der Waals surface area contributed by atoms with Gasteiger partial charge in [0.2, 0.25) is 0 Å². The van der Waals surface area contributed by atoms with Gasteiger partial charge in [-0.2, -0.15) is 0 Å². The Morgan fingerprint density at radius 1 is 0.947 bits per heavy atom. The minimum Gasteiger partial charge on any atom is -0.313 e. The Labute approximate surface area is 119 Å². The number of hydrogen-bond donors (Lipinski definition) is 1. The van der Waals surface area contributed by atoms with E-state index in [9.17, 15) is 0 Å². The Hall–Kier alpha value is -0.820. The van der Waals surface area contributed by atoms with Crippen molar-refractivity contribution < 1.29 is 0 Å². The molecule has 108 valence electrons. The molecule has 0 amide bonds. The Morgan fingerprint density at radius 2 is 1.58 bits per heavy atom. The van der Waals surface area contributed by atoms with Gasteiger partial charge in [0, 0.05) is 6.04 Å². The Morgan fingerprint density at radius 3 is 2.05 bits per heavy atom. The summed E-state index contributed by atoms with van der Waals surface area (Å²) in [6.07, 6.45) is 3.61. The standard InChI is InChI=1S/C18H31N/c1-6-8-16-9-11-17(12-10-16)15(5)18(14(3)4)19-13-7-2/h9-12,14-15,18-19H,6-8,13H2,1-5H3. The molecule has 0 fully saturated rings. The number of rotatable bonds is 8. The van der Waals surface area contributed by atoms with Crippen LogP contribution in [0.3, 0.4) is 0 Å². The largest absolute Gasteiger partial charge is 0.313 e. The van der Waals surface area contributed by atoms with E-state index < -0.39 is 0 Å². The van der Waals surface area contributed by atoms with Crippen LogP contribution in [0.4, 0.5) is 0 Å². The quantitative estimate of drug-likeness (QED) is 0.711. The van der Waals surface area contributed by atoms with Crippen molar-refractivity contribution in [3.05, 3.63) is 35.4 Å². The SMILES string of the molecule is CCCNC(C(C)C)C(C)c1ccc(CCC)cc1. The number of aryl methyl sites for hydroxylation is 1. The molecule has 1 rings (SSSR count). The molecule has 1 aromatic carbocycles. The molecule has 0 spiro atoms. The molecular weight excluding hydrogens is 230 g/mol. The molecule has 2 unspecified atom stereocenters. The van der Waals surface area contributed by atoms with E-state index in [-0.39, 0.29) is 0 Å². The van der Waals surface area contributed by atoms with E-state index in [1.54, 1.807) is 0 Å². The van der Waals surface area contributed by atoms with Crippen molar-refractivity contribution in [2.24, 2.45) is 5.92 Å². The fourth-order valence-electron chi connectivity index (χ4n) is 2.78. The fourth-order valence-corrected chi connectivity index (χ4v) is 2.78. The van der Waals surface area contributed by atoms with Gasteiger partial charge in [-0.15, -0.1) is 0 Å². The first kappa shape index (κ1) is 16.2. The number of nitrogens with one attached hydrogen (secondary N) is 1. The first-order chi connectivity index (χ1) is 9.10. The predicted octanol–water partition coefficient (Wildman–Crippen LogP) is 4.77. The second kappa shape index (κ2) is 8.37. The molecule has 0 bridgehead atoms. The van der Waals surface area contributed by atoms with E-state index in [1.165, 1.54) is 30.4 Å². The van der Waals surface area contributed by atoms with Gasteiger partial charge >= 0.3 is 0 Å². The normalized spacial score (nSPS) is 14.6. The van der Waals surface area contributed by atoms with Crippen LogP contribution in [0.2, 0.25) is 0 Å². The minimum atomic E-state index is 0.567. The maximum absolute atomic E-state index is 3.71. The van der Waals surface area contributed by atoms with E-state index in [2.05, 4.69) is 64.2 Å². The van der Waals surface area contributed by atoms with Crippen molar-refractivity contribution in [2.45, 2.75) is 65.8 Å². The zero-order valence-electron chi connectivity index (χ0n) is 13.4. The molecule has 0 heterocycles. The molecule has 1 nitrogen and oxygen atoms in total. The summed E-state index contributed by atoms with van der Waals surface area (Å²) in [7, 11) is 0. The third-order valence-electron chi connectivity index (χ3n) is 3.93. The van der Waals surface area contributed by atoms with Crippen molar-refractivity contribution in [1.29, 1.82) is 0 Å². The Kier molecular flexibility index (Phi) is 7.15. The highest BCUT2D eigenvalue weighted by atomic mass is 14.9. The van der Waals surface area contributed by atoms with Gasteiger partial charge in [0.1, 0.15) is 0 Å². The molecule has 0 aromatic heterocycles. The zero-order chi connectivity index (χ0) is 14.3. The molecule has 1 N–H and O–H groups in total. The van der Waals surface area contributed by atoms with Crippen LogP contribution in [0.1, 0.15) is 64.5 Å². The maximum atomic E-state index is 3.71. The average molecular weight is 261 g/mol. The topological polar surface area (TPSA) is 12.0 Å². The van der Waals surface area contributed by atoms with Crippen LogP contribution in [-0.4, -0.2) is 12.6 Å². The van der Waals surface area contributed by atoms with Crippen LogP contribution in [0.5, 0.6) is 0 Å². The lowest BCUT2D eigenvalue weighted by Crippen LogP contribution is -2.38. The molecule has 0 radical (unpaired) electrons. The molecular formula is C18H31N. The van der Waals surface area contributed by atoms with Gasteiger partial charge in [0.05, 0.1) is 0 Å². The van der Waals surface area contributed by atoms with Gasteiger partial charge in [-0.05, 0) is 42.3 Å².